The molecule has 3 atom stereocenters. The van der Waals surface area contributed by atoms with Gasteiger partial charge in [-0.15, -0.1) is 0 Å². The summed E-state index contributed by atoms with van der Waals surface area (Å²) in [5.74, 6) is 0.324. The standard InChI is InChI=1S/C20H24N2O7/c1-11-5-7-15(23)14(9-11)21-17-13-10-12(22(25)26)6-8-16(13)29-20(2,18(17)24)19(27-3)28-4/h5-10,17-19,21,23-24H,1-4H3/t17-,18+,20+/m0/s1. The Morgan fingerprint density at radius 2 is 1.93 bits per heavy atom. The molecule has 0 aromatic heterocycles. The number of aliphatic hydroxyl groups is 1. The SMILES string of the molecule is COC(OC)[C@]1(C)Oc2ccc([N+](=O)[O-])cc2[C@H](Nc2cc(C)ccc2O)[C@H]1O. The quantitative estimate of drug-likeness (QED) is 0.291. The summed E-state index contributed by atoms with van der Waals surface area (Å²) in [6.07, 6.45) is -2.15. The van der Waals surface area contributed by atoms with Crippen LogP contribution in [0.3, 0.4) is 0 Å². The molecule has 2 aromatic rings. The number of nitro benzene ring substituents is 1. The first-order valence-electron chi connectivity index (χ1n) is 8.98. The van der Waals surface area contributed by atoms with E-state index in [2.05, 4.69) is 5.32 Å². The normalized spacial score (nSPS) is 23.4. The Morgan fingerprint density at radius 1 is 1.24 bits per heavy atom. The van der Waals surface area contributed by atoms with Crippen molar-refractivity contribution < 1.29 is 29.3 Å². The van der Waals surface area contributed by atoms with Gasteiger partial charge in [-0.25, -0.2) is 0 Å². The third-order valence-corrected chi connectivity index (χ3v) is 5.13. The lowest BCUT2D eigenvalue weighted by molar-refractivity contribution is -0.385. The Bertz CT molecular complexity index is 916. The molecule has 1 aliphatic rings. The maximum atomic E-state index is 11.3. The number of nitro groups is 1. The number of rotatable bonds is 6. The van der Waals surface area contributed by atoms with Crippen LogP contribution in [0.2, 0.25) is 0 Å². The monoisotopic (exact) mass is 404 g/mol. The van der Waals surface area contributed by atoms with Crippen LogP contribution < -0.4 is 10.1 Å². The molecule has 0 saturated heterocycles. The van der Waals surface area contributed by atoms with E-state index >= 15 is 0 Å². The maximum Gasteiger partial charge on any atom is 0.270 e. The van der Waals surface area contributed by atoms with E-state index in [0.29, 0.717) is 17.0 Å². The van der Waals surface area contributed by atoms with Crippen molar-refractivity contribution in [2.45, 2.75) is 37.9 Å². The number of non-ortho nitro benzene ring substituents is 1. The lowest BCUT2D eigenvalue weighted by Gasteiger charge is -2.46. The van der Waals surface area contributed by atoms with Crippen molar-refractivity contribution in [2.75, 3.05) is 19.5 Å². The smallest absolute Gasteiger partial charge is 0.270 e. The number of ether oxygens (including phenoxy) is 3. The van der Waals surface area contributed by atoms with E-state index in [1.165, 1.54) is 38.5 Å². The van der Waals surface area contributed by atoms with E-state index in [4.69, 9.17) is 14.2 Å². The van der Waals surface area contributed by atoms with Crippen LogP contribution in [0.4, 0.5) is 11.4 Å². The van der Waals surface area contributed by atoms with Gasteiger partial charge in [-0.05, 0) is 37.6 Å². The second-order valence-corrected chi connectivity index (χ2v) is 7.16. The topological polar surface area (TPSA) is 123 Å². The number of phenolic OH excluding ortho intramolecular Hbond substituents is 1. The van der Waals surface area contributed by atoms with Crippen molar-refractivity contribution in [3.63, 3.8) is 0 Å². The molecule has 0 bridgehead atoms. The fourth-order valence-corrected chi connectivity index (χ4v) is 3.63. The predicted octanol–water partition coefficient (Wildman–Crippen LogP) is 2.89. The van der Waals surface area contributed by atoms with Gasteiger partial charge in [0, 0.05) is 31.9 Å². The van der Waals surface area contributed by atoms with Crippen molar-refractivity contribution >= 4 is 11.4 Å². The summed E-state index contributed by atoms with van der Waals surface area (Å²) in [5, 5.41) is 35.8. The number of benzene rings is 2. The van der Waals surface area contributed by atoms with Gasteiger partial charge in [0.25, 0.3) is 5.69 Å². The highest BCUT2D eigenvalue weighted by atomic mass is 16.7. The van der Waals surface area contributed by atoms with E-state index in [9.17, 15) is 20.3 Å². The van der Waals surface area contributed by atoms with E-state index < -0.39 is 29.0 Å². The number of nitrogens with zero attached hydrogens (tertiary/aromatic N) is 1. The lowest BCUT2D eigenvalue weighted by Crippen LogP contribution is -2.60. The second-order valence-electron chi connectivity index (χ2n) is 7.16. The number of methoxy groups -OCH3 is 2. The Balaban J connectivity index is 2.13. The molecule has 1 heterocycles. The molecular formula is C20H24N2O7. The molecule has 3 rings (SSSR count). The van der Waals surface area contributed by atoms with Crippen molar-refractivity contribution in [3.8, 4) is 11.5 Å². The van der Waals surface area contributed by atoms with Crippen molar-refractivity contribution in [1.29, 1.82) is 0 Å². The van der Waals surface area contributed by atoms with Crippen LogP contribution in [0.1, 0.15) is 24.1 Å². The van der Waals surface area contributed by atoms with Gasteiger partial charge in [-0.2, -0.15) is 0 Å². The van der Waals surface area contributed by atoms with Crippen molar-refractivity contribution in [1.82, 2.24) is 0 Å². The van der Waals surface area contributed by atoms with Crippen LogP contribution in [-0.4, -0.2) is 47.4 Å². The van der Waals surface area contributed by atoms with Crippen LogP contribution in [0.15, 0.2) is 36.4 Å². The van der Waals surface area contributed by atoms with Gasteiger partial charge in [-0.1, -0.05) is 6.07 Å². The van der Waals surface area contributed by atoms with Crippen molar-refractivity contribution in [3.05, 3.63) is 57.6 Å². The molecule has 0 spiro atoms. The largest absolute Gasteiger partial charge is 0.506 e. The van der Waals surface area contributed by atoms with Gasteiger partial charge in [0.15, 0.2) is 11.9 Å². The number of nitrogens with one attached hydrogen (secondary N) is 1. The summed E-state index contributed by atoms with van der Waals surface area (Å²) in [7, 11) is 2.85. The molecule has 0 fully saturated rings. The molecule has 9 nitrogen and oxygen atoms in total. The minimum Gasteiger partial charge on any atom is -0.506 e. The van der Waals surface area contributed by atoms with Gasteiger partial charge >= 0.3 is 0 Å². The molecule has 0 amide bonds. The van der Waals surface area contributed by atoms with E-state index in [-0.39, 0.29) is 11.4 Å². The van der Waals surface area contributed by atoms with Crippen LogP contribution in [-0.2, 0) is 9.47 Å². The molecule has 29 heavy (non-hydrogen) atoms. The molecule has 156 valence electrons. The fraction of sp³-hybridized carbons (Fsp3) is 0.400. The summed E-state index contributed by atoms with van der Waals surface area (Å²) < 4.78 is 16.7. The molecule has 1 aliphatic heterocycles. The average Bonchev–Trinajstić information content (AvgIpc) is 2.68. The summed E-state index contributed by atoms with van der Waals surface area (Å²) in [5.41, 5.74) is 0.182. The number of fused-ring (bicyclic) bond motifs is 1. The van der Waals surface area contributed by atoms with Gasteiger partial charge in [0.1, 0.15) is 17.6 Å². The number of hydrogen-bond acceptors (Lipinski definition) is 8. The molecule has 0 unspecified atom stereocenters. The number of aryl methyl sites for hydroxylation is 1. The first-order valence-corrected chi connectivity index (χ1v) is 8.98. The predicted molar refractivity (Wildman–Crippen MR) is 105 cm³/mol. The maximum absolute atomic E-state index is 11.3. The highest BCUT2D eigenvalue weighted by Gasteiger charge is 2.52. The molecule has 0 aliphatic carbocycles. The summed E-state index contributed by atoms with van der Waals surface area (Å²) in [6.45, 7) is 3.49. The van der Waals surface area contributed by atoms with Crippen LogP contribution in [0.5, 0.6) is 11.5 Å². The van der Waals surface area contributed by atoms with Gasteiger partial charge in [0.2, 0.25) is 0 Å². The Kier molecular flexibility index (Phi) is 5.65. The first-order chi connectivity index (χ1) is 13.7. The van der Waals surface area contributed by atoms with E-state index in [1.54, 1.807) is 19.1 Å². The summed E-state index contributed by atoms with van der Waals surface area (Å²) >= 11 is 0. The summed E-state index contributed by atoms with van der Waals surface area (Å²) in [6, 6.07) is 8.30. The number of phenols is 1. The number of aliphatic hydroxyl groups excluding tert-OH is 1. The molecular weight excluding hydrogens is 380 g/mol. The Morgan fingerprint density at radius 3 is 2.55 bits per heavy atom. The first kappa shape index (κ1) is 20.8. The highest BCUT2D eigenvalue weighted by molar-refractivity contribution is 5.60. The molecule has 2 aromatic carbocycles. The van der Waals surface area contributed by atoms with Gasteiger partial charge in [-0.3, -0.25) is 10.1 Å². The van der Waals surface area contributed by atoms with Crippen LogP contribution in [0.25, 0.3) is 0 Å². The Labute approximate surface area is 168 Å². The molecule has 0 radical (unpaired) electrons. The minimum atomic E-state index is -1.33. The van der Waals surface area contributed by atoms with Crippen LogP contribution in [0, 0.1) is 17.0 Å². The third-order valence-electron chi connectivity index (χ3n) is 5.13. The Hall–Kier alpha value is -2.88. The third kappa shape index (κ3) is 3.71. The number of hydrogen-bond donors (Lipinski definition) is 3. The summed E-state index contributed by atoms with van der Waals surface area (Å²) in [4.78, 5) is 10.7. The van der Waals surface area contributed by atoms with Gasteiger partial charge in [0.05, 0.1) is 16.7 Å². The van der Waals surface area contributed by atoms with Crippen LogP contribution >= 0.6 is 0 Å². The molecule has 0 saturated carbocycles. The average molecular weight is 404 g/mol. The zero-order valence-electron chi connectivity index (χ0n) is 16.6. The number of aromatic hydroxyl groups is 1. The lowest BCUT2D eigenvalue weighted by atomic mass is 9.84. The highest BCUT2D eigenvalue weighted by Crippen LogP contribution is 2.45. The van der Waals surface area contributed by atoms with Crippen molar-refractivity contribution in [2.24, 2.45) is 0 Å². The van der Waals surface area contributed by atoms with E-state index in [0.717, 1.165) is 5.56 Å². The zero-order valence-corrected chi connectivity index (χ0v) is 16.6. The zero-order chi connectivity index (χ0) is 21.3. The second kappa shape index (κ2) is 7.86. The molecule has 9 heteroatoms. The van der Waals surface area contributed by atoms with Gasteiger partial charge < -0.3 is 29.7 Å². The number of anilines is 1. The van der Waals surface area contributed by atoms with E-state index in [1.807, 2.05) is 6.92 Å². The molecule has 3 N–H and O–H groups in total. The minimum absolute atomic E-state index is 0.0157. The fourth-order valence-electron chi connectivity index (χ4n) is 3.63.